The predicted octanol–water partition coefficient (Wildman–Crippen LogP) is 38.0. The van der Waals surface area contributed by atoms with E-state index in [1.807, 2.05) is 0 Å². The van der Waals surface area contributed by atoms with E-state index >= 15 is 0 Å². The van der Waals surface area contributed by atoms with Crippen LogP contribution in [0.5, 0.6) is 0 Å². The molecule has 126 heavy (non-hydrogen) atoms. The molecule has 0 heteroatoms. The zero-order chi connectivity index (χ0) is 89.5. The Kier molecular flexibility index (Phi) is 28.5. The highest BCUT2D eigenvalue weighted by atomic mass is 14.5. The van der Waals surface area contributed by atoms with Crippen molar-refractivity contribution in [2.45, 2.75) is 353 Å². The summed E-state index contributed by atoms with van der Waals surface area (Å²) in [6.45, 7) is 56.9. The molecule has 0 amide bonds. The molecule has 5 aliphatic rings. The molecule has 10 unspecified atom stereocenters. The normalized spacial score (nSPS) is 21.5. The Hall–Kier alpha value is -7.80. The van der Waals surface area contributed by atoms with Gasteiger partial charge in [0.05, 0.1) is 0 Å². The maximum atomic E-state index is 2.75. The average Bonchev–Trinajstić information content (AvgIpc) is 1.55. The summed E-state index contributed by atoms with van der Waals surface area (Å²) in [5, 5.41) is 0. The van der Waals surface area contributed by atoms with Crippen LogP contribution in [0.3, 0.4) is 0 Å². The molecule has 0 nitrogen and oxygen atoms in total. The van der Waals surface area contributed by atoms with Crippen molar-refractivity contribution in [1.29, 1.82) is 0 Å². The average molecular weight is 1680 g/mol. The molecule has 0 aliphatic heterocycles. The number of rotatable bonds is 42. The number of aryl methyl sites for hydroxylation is 1. The smallest absolute Gasteiger partial charge is 0.0220 e. The topological polar surface area (TPSA) is 0 Å². The van der Waals surface area contributed by atoms with Gasteiger partial charge in [0.2, 0.25) is 0 Å². The lowest BCUT2D eigenvalue weighted by atomic mass is 9.65. The van der Waals surface area contributed by atoms with Crippen molar-refractivity contribution in [2.24, 2.45) is 71.0 Å². The summed E-state index contributed by atoms with van der Waals surface area (Å²) in [5.74, 6) is 7.43. The standard InChI is InChI=1S/C126H164/c1-24-83(13)73-123(74-84(14)25-2)112-41-33-32-40-102(112)104-52-43-95(66-115(104)123)97-46-55-107-109-57-48-99(70-119(109)125(117(107)68-97,77-87(17)28-5)78-88(18)29-6)101-50-59-111-110-58-49-100(71-120(110)126(121(111)72-101,79-89(19)30-7)80-90(20)31-8)98-47-56-108-106-54-45-96(67-116(106)124(118(108)69-98,75-85(15)26-3)76-86(16)27-4)94-44-53-105-103-51-42-93(23)64-113(103)122(114(105)65-94,62-60-91(21)38-34-36-81(9)10)63-61-92(22)39-35-37-82(11)12/h32-33,40-59,64-72,81-92H,24-31,34-39,60-63,73-80H2,1-23H3. The molecular weight excluding hydrogens is 1510 g/mol. The van der Waals surface area contributed by atoms with Crippen LogP contribution in [0.15, 0.2) is 188 Å². The third kappa shape index (κ3) is 17.6. The molecule has 15 rings (SSSR count). The highest BCUT2D eigenvalue weighted by Crippen LogP contribution is 2.64. The first-order chi connectivity index (χ1) is 60.6. The van der Waals surface area contributed by atoms with Crippen LogP contribution >= 0.6 is 0 Å². The molecule has 0 spiro atoms. The molecule has 0 fully saturated rings. The van der Waals surface area contributed by atoms with E-state index in [-0.39, 0.29) is 27.1 Å². The van der Waals surface area contributed by atoms with Crippen molar-refractivity contribution in [3.05, 3.63) is 249 Å². The van der Waals surface area contributed by atoms with Crippen LogP contribution < -0.4 is 0 Å². The van der Waals surface area contributed by atoms with Gasteiger partial charge in [0.25, 0.3) is 0 Å². The van der Waals surface area contributed by atoms with Crippen molar-refractivity contribution >= 4 is 0 Å². The monoisotopic (exact) mass is 1680 g/mol. The van der Waals surface area contributed by atoms with Gasteiger partial charge in [-0.2, -0.15) is 0 Å². The Bertz CT molecular complexity index is 5390. The first-order valence-corrected chi connectivity index (χ1v) is 52.0. The number of hydrogen-bond acceptors (Lipinski definition) is 0. The van der Waals surface area contributed by atoms with Crippen molar-refractivity contribution in [1.82, 2.24) is 0 Å². The van der Waals surface area contributed by atoms with Crippen LogP contribution in [0.2, 0.25) is 0 Å². The van der Waals surface area contributed by atoms with Gasteiger partial charge in [-0.3, -0.25) is 0 Å². The van der Waals surface area contributed by atoms with E-state index in [2.05, 4.69) is 347 Å². The van der Waals surface area contributed by atoms with Crippen LogP contribution in [0.4, 0.5) is 0 Å². The third-order valence-corrected chi connectivity index (χ3v) is 34.4. The lowest BCUT2D eigenvalue weighted by molar-refractivity contribution is 0.308. The molecule has 0 saturated carbocycles. The van der Waals surface area contributed by atoms with Crippen LogP contribution in [0.25, 0.3) is 100 Å². The Balaban J connectivity index is 0.817. The minimum Gasteiger partial charge on any atom is -0.0651 e. The second-order valence-corrected chi connectivity index (χ2v) is 44.8. The predicted molar refractivity (Wildman–Crippen MR) is 551 cm³/mol. The quantitative estimate of drug-likeness (QED) is 0.0358. The summed E-state index contributed by atoms with van der Waals surface area (Å²) in [5.41, 5.74) is 42.1. The fraction of sp³-hybridized carbons (Fsp3) is 0.524. The lowest BCUT2D eigenvalue weighted by Gasteiger charge is -2.38. The third-order valence-electron chi connectivity index (χ3n) is 34.4. The Morgan fingerprint density at radius 1 is 0.190 bits per heavy atom. The molecule has 0 bridgehead atoms. The Labute approximate surface area is 768 Å². The second kappa shape index (κ2) is 38.7. The largest absolute Gasteiger partial charge is 0.0651 e. The summed E-state index contributed by atoms with van der Waals surface area (Å²) < 4.78 is 0. The maximum absolute atomic E-state index is 2.75. The van der Waals surface area contributed by atoms with E-state index in [9.17, 15) is 0 Å². The van der Waals surface area contributed by atoms with Gasteiger partial charge in [0.15, 0.2) is 0 Å². The van der Waals surface area contributed by atoms with Crippen molar-refractivity contribution in [3.8, 4) is 100 Å². The second-order valence-electron chi connectivity index (χ2n) is 44.8. The van der Waals surface area contributed by atoms with Gasteiger partial charge in [0, 0.05) is 27.1 Å². The van der Waals surface area contributed by atoms with Gasteiger partial charge in [-0.15, -0.1) is 0 Å². The van der Waals surface area contributed by atoms with Crippen molar-refractivity contribution in [2.75, 3.05) is 0 Å². The minimum atomic E-state index is -0.166. The molecule has 0 N–H and O–H groups in total. The lowest BCUT2D eigenvalue weighted by Crippen LogP contribution is -2.30. The van der Waals surface area contributed by atoms with Crippen LogP contribution in [0, 0.1) is 77.9 Å². The van der Waals surface area contributed by atoms with E-state index in [1.54, 1.807) is 55.6 Å². The summed E-state index contributed by atoms with van der Waals surface area (Å²) in [4.78, 5) is 0. The summed E-state index contributed by atoms with van der Waals surface area (Å²) in [7, 11) is 0. The van der Waals surface area contributed by atoms with E-state index in [4.69, 9.17) is 0 Å². The first-order valence-electron chi connectivity index (χ1n) is 52.0. The molecule has 10 aromatic carbocycles. The molecule has 10 aromatic rings. The van der Waals surface area contributed by atoms with Gasteiger partial charge < -0.3 is 0 Å². The highest BCUT2D eigenvalue weighted by Gasteiger charge is 2.51. The van der Waals surface area contributed by atoms with Crippen LogP contribution in [-0.4, -0.2) is 0 Å². The van der Waals surface area contributed by atoms with Gasteiger partial charge in [-0.1, -0.05) is 387 Å². The number of fused-ring (bicyclic) bond motifs is 15. The van der Waals surface area contributed by atoms with Crippen molar-refractivity contribution in [3.63, 3.8) is 0 Å². The van der Waals surface area contributed by atoms with Crippen LogP contribution in [-0.2, 0) is 27.1 Å². The minimum absolute atomic E-state index is 0.0119. The molecule has 0 heterocycles. The number of benzene rings is 10. The summed E-state index contributed by atoms with van der Waals surface area (Å²) in [6.07, 6.45) is 31.5. The SMILES string of the molecule is CCC(C)CC1(CC(C)CC)c2ccccc2-c2ccc(-c3ccc4c(c3)C(CC(C)CC)(CC(C)CC)c3cc(-c5ccc6c(c5)C(CC(C)CC)(CC(C)CC)c5cc(-c7ccc8c(c7)C(CC(C)CC)(CC(C)CC)c7cc(-c9ccc%10c(c9)C(CCC(C)CCCC(C)C)(CCC(C)CCCC(C)C)c9cc(C)ccc9-%10)ccc7-8)ccc5-6)ccc3-4)cc21. The van der Waals surface area contributed by atoms with Gasteiger partial charge in [-0.25, -0.2) is 0 Å². The maximum Gasteiger partial charge on any atom is 0.0220 e. The highest BCUT2D eigenvalue weighted by molar-refractivity contribution is 5.93. The van der Waals surface area contributed by atoms with Gasteiger partial charge >= 0.3 is 0 Å². The van der Waals surface area contributed by atoms with Crippen LogP contribution in [0.1, 0.15) is 380 Å². The first kappa shape index (κ1) is 92.9. The molecule has 668 valence electrons. The zero-order valence-corrected chi connectivity index (χ0v) is 83.2. The fourth-order valence-corrected chi connectivity index (χ4v) is 25.7. The Morgan fingerprint density at radius 3 is 0.619 bits per heavy atom. The van der Waals surface area contributed by atoms with E-state index in [1.165, 1.54) is 196 Å². The van der Waals surface area contributed by atoms with E-state index < -0.39 is 0 Å². The molecule has 0 aromatic heterocycles. The molecule has 10 atom stereocenters. The van der Waals surface area contributed by atoms with E-state index in [0.717, 1.165) is 88.9 Å². The molecular formula is C126H164. The molecule has 5 aliphatic carbocycles. The summed E-state index contributed by atoms with van der Waals surface area (Å²) in [6, 6.07) is 79.6. The molecule has 0 saturated heterocycles. The molecule has 0 radical (unpaired) electrons. The van der Waals surface area contributed by atoms with Crippen molar-refractivity contribution < 1.29 is 0 Å². The van der Waals surface area contributed by atoms with Gasteiger partial charge in [0.1, 0.15) is 0 Å². The zero-order valence-electron chi connectivity index (χ0n) is 83.2. The van der Waals surface area contributed by atoms with Gasteiger partial charge in [-0.05, 0) is 359 Å². The Morgan fingerprint density at radius 2 is 0.389 bits per heavy atom. The summed E-state index contributed by atoms with van der Waals surface area (Å²) >= 11 is 0. The number of hydrogen-bond donors (Lipinski definition) is 0. The fourth-order valence-electron chi connectivity index (χ4n) is 25.7. The van der Waals surface area contributed by atoms with E-state index in [0.29, 0.717) is 59.2 Å².